The lowest BCUT2D eigenvalue weighted by molar-refractivity contribution is -0.122. The van der Waals surface area contributed by atoms with E-state index in [0.717, 1.165) is 5.56 Å². The number of carbonyl (C=O) groups is 2. The fourth-order valence-electron chi connectivity index (χ4n) is 2.14. The van der Waals surface area contributed by atoms with Crippen LogP contribution in [-0.4, -0.2) is 17.9 Å². The summed E-state index contributed by atoms with van der Waals surface area (Å²) in [5.74, 6) is 0.323. The zero-order valence-electron chi connectivity index (χ0n) is 14.1. The Morgan fingerprint density at radius 2 is 1.62 bits per heavy atom. The molecule has 0 spiro atoms. The molecule has 0 saturated heterocycles. The molecule has 0 saturated carbocycles. The molecule has 0 heterocycles. The SMILES string of the molecule is CCC(=O)Nc1cccc(NC(=O)C(C)Oc2ccccc2)c1C. The molecular weight excluding hydrogens is 304 g/mol. The van der Waals surface area contributed by atoms with Crippen molar-refractivity contribution >= 4 is 23.2 Å². The average Bonchev–Trinajstić information content (AvgIpc) is 2.59. The predicted octanol–water partition coefficient (Wildman–Crippen LogP) is 3.75. The Labute approximate surface area is 142 Å². The first-order chi connectivity index (χ1) is 11.5. The lowest BCUT2D eigenvalue weighted by Crippen LogP contribution is -2.30. The number of amides is 2. The highest BCUT2D eigenvalue weighted by atomic mass is 16.5. The molecule has 0 aromatic heterocycles. The van der Waals surface area contributed by atoms with Crippen LogP contribution in [0.25, 0.3) is 0 Å². The fourth-order valence-corrected chi connectivity index (χ4v) is 2.14. The number of benzene rings is 2. The molecule has 2 aromatic carbocycles. The summed E-state index contributed by atoms with van der Waals surface area (Å²) in [5, 5.41) is 5.67. The van der Waals surface area contributed by atoms with Gasteiger partial charge in [-0.1, -0.05) is 31.2 Å². The van der Waals surface area contributed by atoms with Crippen LogP contribution in [-0.2, 0) is 9.59 Å². The van der Waals surface area contributed by atoms with Crippen LogP contribution < -0.4 is 15.4 Å². The zero-order chi connectivity index (χ0) is 17.5. The minimum Gasteiger partial charge on any atom is -0.481 e. The van der Waals surface area contributed by atoms with Crippen molar-refractivity contribution in [1.29, 1.82) is 0 Å². The highest BCUT2D eigenvalue weighted by Crippen LogP contribution is 2.24. The zero-order valence-corrected chi connectivity index (χ0v) is 14.1. The molecule has 2 rings (SSSR count). The maximum Gasteiger partial charge on any atom is 0.265 e. The van der Waals surface area contributed by atoms with Gasteiger partial charge in [-0.05, 0) is 43.7 Å². The highest BCUT2D eigenvalue weighted by Gasteiger charge is 2.16. The quantitative estimate of drug-likeness (QED) is 0.849. The number of carbonyl (C=O) groups excluding carboxylic acids is 2. The Kier molecular flexibility index (Phi) is 5.95. The third kappa shape index (κ3) is 4.59. The third-order valence-corrected chi connectivity index (χ3v) is 3.61. The predicted molar refractivity (Wildman–Crippen MR) is 95.3 cm³/mol. The van der Waals surface area contributed by atoms with Gasteiger partial charge in [0, 0.05) is 17.8 Å². The van der Waals surface area contributed by atoms with Gasteiger partial charge in [0.05, 0.1) is 0 Å². The number of ether oxygens (including phenoxy) is 1. The molecular formula is C19H22N2O3. The average molecular weight is 326 g/mol. The molecule has 5 nitrogen and oxygen atoms in total. The van der Waals surface area contributed by atoms with Gasteiger partial charge in [0.25, 0.3) is 5.91 Å². The molecule has 1 unspecified atom stereocenters. The number of rotatable bonds is 6. The van der Waals surface area contributed by atoms with Gasteiger partial charge >= 0.3 is 0 Å². The first kappa shape index (κ1) is 17.5. The molecule has 0 aliphatic carbocycles. The summed E-state index contributed by atoms with van der Waals surface area (Å²) in [4.78, 5) is 23.9. The van der Waals surface area contributed by atoms with Crippen molar-refractivity contribution in [2.45, 2.75) is 33.3 Å². The molecule has 24 heavy (non-hydrogen) atoms. The minimum atomic E-state index is -0.638. The molecule has 0 bridgehead atoms. The van der Waals surface area contributed by atoms with E-state index in [0.29, 0.717) is 23.5 Å². The first-order valence-corrected chi connectivity index (χ1v) is 7.93. The summed E-state index contributed by atoms with van der Waals surface area (Å²) < 4.78 is 5.62. The smallest absolute Gasteiger partial charge is 0.265 e. The summed E-state index contributed by atoms with van der Waals surface area (Å²) in [6, 6.07) is 14.6. The molecule has 0 fully saturated rings. The van der Waals surface area contributed by atoms with Gasteiger partial charge in [0.15, 0.2) is 6.10 Å². The van der Waals surface area contributed by atoms with Crippen molar-refractivity contribution in [2.24, 2.45) is 0 Å². The van der Waals surface area contributed by atoms with E-state index in [-0.39, 0.29) is 11.8 Å². The Bertz CT molecular complexity index is 714. The van der Waals surface area contributed by atoms with Gasteiger partial charge in [-0.2, -0.15) is 0 Å². The van der Waals surface area contributed by atoms with Crippen LogP contribution >= 0.6 is 0 Å². The number of para-hydroxylation sites is 1. The van der Waals surface area contributed by atoms with E-state index in [4.69, 9.17) is 4.74 Å². The summed E-state index contributed by atoms with van der Waals surface area (Å²) >= 11 is 0. The lowest BCUT2D eigenvalue weighted by atomic mass is 10.1. The van der Waals surface area contributed by atoms with Gasteiger partial charge in [-0.15, -0.1) is 0 Å². The van der Waals surface area contributed by atoms with Gasteiger partial charge in [0.1, 0.15) is 5.75 Å². The van der Waals surface area contributed by atoms with E-state index in [1.165, 1.54) is 0 Å². The summed E-state index contributed by atoms with van der Waals surface area (Å²) in [5.41, 5.74) is 2.15. The van der Waals surface area contributed by atoms with E-state index in [1.807, 2.05) is 31.2 Å². The molecule has 2 amide bonds. The second-order valence-corrected chi connectivity index (χ2v) is 5.44. The van der Waals surface area contributed by atoms with E-state index < -0.39 is 6.10 Å². The fraction of sp³-hybridized carbons (Fsp3) is 0.263. The van der Waals surface area contributed by atoms with Crippen LogP contribution in [0.5, 0.6) is 5.75 Å². The van der Waals surface area contributed by atoms with Crippen molar-refractivity contribution in [3.8, 4) is 5.75 Å². The molecule has 0 aliphatic rings. The Morgan fingerprint density at radius 1 is 1.00 bits per heavy atom. The minimum absolute atomic E-state index is 0.0673. The van der Waals surface area contributed by atoms with Crippen LogP contribution in [0.1, 0.15) is 25.8 Å². The molecule has 0 radical (unpaired) electrons. The summed E-state index contributed by atoms with van der Waals surface area (Å²) in [7, 11) is 0. The van der Waals surface area contributed by atoms with Crippen molar-refractivity contribution in [2.75, 3.05) is 10.6 Å². The van der Waals surface area contributed by atoms with Gasteiger partial charge in [-0.25, -0.2) is 0 Å². The van der Waals surface area contributed by atoms with E-state index in [9.17, 15) is 9.59 Å². The Balaban J connectivity index is 2.05. The van der Waals surface area contributed by atoms with Crippen LogP contribution in [0.2, 0.25) is 0 Å². The number of nitrogens with one attached hydrogen (secondary N) is 2. The topological polar surface area (TPSA) is 67.4 Å². The van der Waals surface area contributed by atoms with Crippen LogP contribution in [0.4, 0.5) is 11.4 Å². The maximum atomic E-state index is 12.3. The van der Waals surface area contributed by atoms with E-state index in [2.05, 4.69) is 10.6 Å². The summed E-state index contributed by atoms with van der Waals surface area (Å²) in [6.45, 7) is 5.34. The monoisotopic (exact) mass is 326 g/mol. The largest absolute Gasteiger partial charge is 0.481 e. The number of hydrogen-bond acceptors (Lipinski definition) is 3. The molecule has 1 atom stereocenters. The second kappa shape index (κ2) is 8.15. The highest BCUT2D eigenvalue weighted by molar-refractivity contribution is 5.97. The van der Waals surface area contributed by atoms with Gasteiger partial charge in [0.2, 0.25) is 5.91 Å². The third-order valence-electron chi connectivity index (χ3n) is 3.61. The standard InChI is InChI=1S/C19H22N2O3/c1-4-18(22)20-16-11-8-12-17(13(16)2)21-19(23)14(3)24-15-9-6-5-7-10-15/h5-12,14H,4H2,1-3H3,(H,20,22)(H,21,23). The van der Waals surface area contributed by atoms with Crippen molar-refractivity contribution in [1.82, 2.24) is 0 Å². The first-order valence-electron chi connectivity index (χ1n) is 7.93. The molecule has 5 heteroatoms. The maximum absolute atomic E-state index is 12.3. The number of anilines is 2. The normalized spacial score (nSPS) is 11.5. The lowest BCUT2D eigenvalue weighted by Gasteiger charge is -2.17. The van der Waals surface area contributed by atoms with Crippen molar-refractivity contribution in [3.05, 3.63) is 54.1 Å². The van der Waals surface area contributed by atoms with Crippen molar-refractivity contribution < 1.29 is 14.3 Å². The van der Waals surface area contributed by atoms with Crippen LogP contribution in [0.3, 0.4) is 0 Å². The van der Waals surface area contributed by atoms with E-state index in [1.54, 1.807) is 38.1 Å². The Morgan fingerprint density at radius 3 is 2.25 bits per heavy atom. The van der Waals surface area contributed by atoms with Crippen LogP contribution in [0, 0.1) is 6.92 Å². The second-order valence-electron chi connectivity index (χ2n) is 5.44. The molecule has 126 valence electrons. The van der Waals surface area contributed by atoms with Gasteiger partial charge in [-0.3, -0.25) is 9.59 Å². The molecule has 2 aromatic rings. The van der Waals surface area contributed by atoms with Crippen molar-refractivity contribution in [3.63, 3.8) is 0 Å². The summed E-state index contributed by atoms with van der Waals surface area (Å²) in [6.07, 6.45) is -0.237. The molecule has 0 aliphatic heterocycles. The van der Waals surface area contributed by atoms with E-state index >= 15 is 0 Å². The van der Waals surface area contributed by atoms with Crippen LogP contribution in [0.15, 0.2) is 48.5 Å². The molecule has 2 N–H and O–H groups in total. The number of hydrogen-bond donors (Lipinski definition) is 2. The Hall–Kier alpha value is -2.82. The van der Waals surface area contributed by atoms with Gasteiger partial charge < -0.3 is 15.4 Å².